The van der Waals surface area contributed by atoms with E-state index in [1.807, 2.05) is 24.8 Å². The Hall–Kier alpha value is -0.440. The highest BCUT2D eigenvalue weighted by atomic mass is 127. The van der Waals surface area contributed by atoms with Crippen LogP contribution in [0.2, 0.25) is 0 Å². The molecule has 0 saturated heterocycles. The molecular weight excluding hydrogens is 399 g/mol. The molecule has 0 heterocycles. The van der Waals surface area contributed by atoms with Crippen LogP contribution in [0, 0.1) is 5.92 Å². The van der Waals surface area contributed by atoms with E-state index in [1.165, 1.54) is 0 Å². The average molecular weight is 426 g/mol. The van der Waals surface area contributed by atoms with Crippen LogP contribution in [0.15, 0.2) is 17.6 Å². The van der Waals surface area contributed by atoms with Gasteiger partial charge in [-0.05, 0) is 19.8 Å². The van der Waals surface area contributed by atoms with Gasteiger partial charge in [0.25, 0.3) is 0 Å². The van der Waals surface area contributed by atoms with E-state index >= 15 is 0 Å². The molecule has 0 aliphatic heterocycles. The number of nitrogens with one attached hydrogen (secondary N) is 3. The standard InChI is InChI=1S/C14H26N4OS.HI/c1-3-10-20-11-9-18-14(15-4-2)17-8-7-16-13(19)12-5-6-12;/h3,12H,1,4-11H2,2H3,(H,16,19)(H2,15,17,18);1H. The highest BCUT2D eigenvalue weighted by molar-refractivity contribution is 14.0. The second kappa shape index (κ2) is 13.2. The maximum Gasteiger partial charge on any atom is 0.223 e. The van der Waals surface area contributed by atoms with Gasteiger partial charge in [0.05, 0.1) is 6.54 Å². The summed E-state index contributed by atoms with van der Waals surface area (Å²) < 4.78 is 0. The van der Waals surface area contributed by atoms with E-state index in [-0.39, 0.29) is 35.8 Å². The van der Waals surface area contributed by atoms with Crippen molar-refractivity contribution in [1.29, 1.82) is 0 Å². The first kappa shape index (κ1) is 20.6. The van der Waals surface area contributed by atoms with Gasteiger partial charge < -0.3 is 16.0 Å². The lowest BCUT2D eigenvalue weighted by atomic mass is 10.4. The molecule has 0 aromatic heterocycles. The zero-order valence-corrected chi connectivity index (χ0v) is 15.8. The molecule has 1 aliphatic rings. The molecule has 0 bridgehead atoms. The number of carbonyl (C=O) groups excluding carboxylic acids is 1. The van der Waals surface area contributed by atoms with Crippen LogP contribution in [0.4, 0.5) is 0 Å². The van der Waals surface area contributed by atoms with Crippen molar-refractivity contribution in [2.24, 2.45) is 10.9 Å². The number of rotatable bonds is 10. The molecule has 0 spiro atoms. The van der Waals surface area contributed by atoms with Crippen LogP contribution >= 0.6 is 35.7 Å². The molecule has 0 aromatic rings. The Bertz CT molecular complexity index is 335. The third-order valence-electron chi connectivity index (χ3n) is 2.75. The average Bonchev–Trinajstić information content (AvgIpc) is 3.27. The summed E-state index contributed by atoms with van der Waals surface area (Å²) in [5.74, 6) is 3.23. The molecule has 122 valence electrons. The van der Waals surface area contributed by atoms with E-state index in [9.17, 15) is 4.79 Å². The number of hydrogen-bond donors (Lipinski definition) is 3. The van der Waals surface area contributed by atoms with E-state index in [2.05, 4.69) is 27.5 Å². The Morgan fingerprint density at radius 3 is 2.67 bits per heavy atom. The van der Waals surface area contributed by atoms with Gasteiger partial charge in [-0.2, -0.15) is 11.8 Å². The fraction of sp³-hybridized carbons (Fsp3) is 0.714. The molecule has 7 heteroatoms. The van der Waals surface area contributed by atoms with Crippen LogP contribution in [0.3, 0.4) is 0 Å². The van der Waals surface area contributed by atoms with E-state index in [0.717, 1.165) is 43.4 Å². The zero-order chi connectivity index (χ0) is 14.6. The molecule has 1 amide bonds. The first-order valence-corrected chi connectivity index (χ1v) is 8.42. The summed E-state index contributed by atoms with van der Waals surface area (Å²) in [6.45, 7) is 8.68. The van der Waals surface area contributed by atoms with Gasteiger partial charge in [-0.1, -0.05) is 6.08 Å². The molecule has 1 aliphatic carbocycles. The number of aliphatic imine (C=N–C) groups is 1. The number of carbonyl (C=O) groups is 1. The van der Waals surface area contributed by atoms with Gasteiger partial charge in [-0.3, -0.25) is 9.79 Å². The van der Waals surface area contributed by atoms with Gasteiger partial charge in [0.1, 0.15) is 0 Å². The summed E-state index contributed by atoms with van der Waals surface area (Å²) in [5.41, 5.74) is 0. The van der Waals surface area contributed by atoms with Crippen LogP contribution in [0.5, 0.6) is 0 Å². The molecule has 0 atom stereocenters. The predicted molar refractivity (Wildman–Crippen MR) is 103 cm³/mol. The largest absolute Gasteiger partial charge is 0.357 e. The highest BCUT2D eigenvalue weighted by Gasteiger charge is 2.28. The predicted octanol–water partition coefficient (Wildman–Crippen LogP) is 1.60. The molecule has 21 heavy (non-hydrogen) atoms. The summed E-state index contributed by atoms with van der Waals surface area (Å²) in [6, 6.07) is 0. The van der Waals surface area contributed by atoms with Gasteiger partial charge in [-0.25, -0.2) is 0 Å². The number of thioether (sulfide) groups is 1. The molecule has 5 nitrogen and oxygen atoms in total. The molecule has 1 rings (SSSR count). The van der Waals surface area contributed by atoms with Crippen LogP contribution < -0.4 is 16.0 Å². The van der Waals surface area contributed by atoms with Crippen LogP contribution in [0.25, 0.3) is 0 Å². The van der Waals surface area contributed by atoms with Crippen molar-refractivity contribution in [1.82, 2.24) is 16.0 Å². The number of hydrogen-bond acceptors (Lipinski definition) is 3. The monoisotopic (exact) mass is 426 g/mol. The minimum Gasteiger partial charge on any atom is -0.357 e. The van der Waals surface area contributed by atoms with Crippen molar-refractivity contribution in [3.8, 4) is 0 Å². The molecule has 0 radical (unpaired) electrons. The maximum absolute atomic E-state index is 11.5. The van der Waals surface area contributed by atoms with Crippen LogP contribution in [-0.4, -0.2) is 49.6 Å². The molecule has 1 fully saturated rings. The van der Waals surface area contributed by atoms with Crippen molar-refractivity contribution in [3.05, 3.63) is 12.7 Å². The Kier molecular flexibility index (Phi) is 13.0. The Balaban J connectivity index is 0.00000400. The molecule has 3 N–H and O–H groups in total. The zero-order valence-electron chi connectivity index (χ0n) is 12.7. The minimum atomic E-state index is 0. The fourth-order valence-electron chi connectivity index (χ4n) is 1.59. The quantitative estimate of drug-likeness (QED) is 0.163. The first-order valence-electron chi connectivity index (χ1n) is 7.26. The van der Waals surface area contributed by atoms with Gasteiger partial charge in [-0.15, -0.1) is 30.6 Å². The van der Waals surface area contributed by atoms with Crippen molar-refractivity contribution < 1.29 is 4.79 Å². The Morgan fingerprint density at radius 2 is 2.05 bits per heavy atom. The van der Waals surface area contributed by atoms with Crippen molar-refractivity contribution >= 4 is 47.6 Å². The second-order valence-electron chi connectivity index (χ2n) is 4.62. The highest BCUT2D eigenvalue weighted by Crippen LogP contribution is 2.28. The minimum absolute atomic E-state index is 0. The third kappa shape index (κ3) is 10.9. The summed E-state index contributed by atoms with van der Waals surface area (Å²) >= 11 is 1.82. The van der Waals surface area contributed by atoms with Crippen molar-refractivity contribution in [3.63, 3.8) is 0 Å². The first-order chi connectivity index (χ1) is 9.77. The summed E-state index contributed by atoms with van der Waals surface area (Å²) in [5, 5.41) is 9.34. The summed E-state index contributed by atoms with van der Waals surface area (Å²) in [6.07, 6.45) is 4.00. The number of guanidine groups is 1. The SMILES string of the molecule is C=CCSCCN=C(NCC)NCCNC(=O)C1CC1.I. The maximum atomic E-state index is 11.5. The summed E-state index contributed by atoms with van der Waals surface area (Å²) in [7, 11) is 0. The lowest BCUT2D eigenvalue weighted by Gasteiger charge is -2.11. The van der Waals surface area contributed by atoms with Gasteiger partial charge in [0.2, 0.25) is 5.91 Å². The lowest BCUT2D eigenvalue weighted by molar-refractivity contribution is -0.122. The van der Waals surface area contributed by atoms with Crippen LogP contribution in [-0.2, 0) is 4.79 Å². The third-order valence-corrected chi connectivity index (χ3v) is 3.69. The van der Waals surface area contributed by atoms with E-state index in [1.54, 1.807) is 0 Å². The topological polar surface area (TPSA) is 65.5 Å². The number of nitrogens with zero attached hydrogens (tertiary/aromatic N) is 1. The number of amides is 1. The van der Waals surface area contributed by atoms with Crippen molar-refractivity contribution in [2.45, 2.75) is 19.8 Å². The van der Waals surface area contributed by atoms with E-state index < -0.39 is 0 Å². The Labute approximate surface area is 149 Å². The van der Waals surface area contributed by atoms with Gasteiger partial charge in [0, 0.05) is 37.1 Å². The van der Waals surface area contributed by atoms with Gasteiger partial charge >= 0.3 is 0 Å². The van der Waals surface area contributed by atoms with Gasteiger partial charge in [0.15, 0.2) is 5.96 Å². The molecular formula is C14H27IN4OS. The van der Waals surface area contributed by atoms with E-state index in [0.29, 0.717) is 13.1 Å². The second-order valence-corrected chi connectivity index (χ2v) is 5.77. The molecule has 1 saturated carbocycles. The normalized spacial score (nSPS) is 14.0. The number of halogens is 1. The summed E-state index contributed by atoms with van der Waals surface area (Å²) in [4.78, 5) is 15.9. The van der Waals surface area contributed by atoms with Crippen molar-refractivity contribution in [2.75, 3.05) is 37.7 Å². The lowest BCUT2D eigenvalue weighted by Crippen LogP contribution is -2.41. The molecule has 0 aromatic carbocycles. The Morgan fingerprint density at radius 1 is 1.33 bits per heavy atom. The fourth-order valence-corrected chi connectivity index (χ4v) is 2.14. The molecule has 0 unspecified atom stereocenters. The smallest absolute Gasteiger partial charge is 0.223 e. The van der Waals surface area contributed by atoms with Crippen LogP contribution in [0.1, 0.15) is 19.8 Å². The van der Waals surface area contributed by atoms with E-state index in [4.69, 9.17) is 0 Å².